The zero-order chi connectivity index (χ0) is 11.8. The fraction of sp³-hybridized carbons (Fsp3) is 0.250. The minimum atomic E-state index is -0.422. The number of rotatable bonds is 3. The third-order valence-corrected chi connectivity index (χ3v) is 1.79. The summed E-state index contributed by atoms with van der Waals surface area (Å²) in [6.07, 6.45) is 2.41. The van der Waals surface area contributed by atoms with E-state index in [0.717, 1.165) is 6.42 Å². The molecule has 1 aromatic rings. The van der Waals surface area contributed by atoms with Gasteiger partial charge in [0.2, 0.25) is 0 Å². The van der Waals surface area contributed by atoms with Crippen molar-refractivity contribution >= 4 is 11.9 Å². The van der Waals surface area contributed by atoms with E-state index < -0.39 is 4.92 Å². The van der Waals surface area contributed by atoms with Crippen LogP contribution in [-0.2, 0) is 0 Å². The minimum Gasteiger partial charge on any atom is -0.280 e. The summed E-state index contributed by atoms with van der Waals surface area (Å²) >= 11 is 0. The predicted octanol–water partition coefficient (Wildman–Crippen LogP) is 2.43. The van der Waals surface area contributed by atoms with Gasteiger partial charge in [-0.05, 0) is 5.56 Å². The van der Waals surface area contributed by atoms with Crippen LogP contribution in [0.25, 0.3) is 0 Å². The van der Waals surface area contributed by atoms with E-state index in [4.69, 9.17) is 0 Å². The Kier molecular flexibility index (Phi) is 4.74. The standard InChI is InChI=1S/C12H12N2O2/c1-2-3-4-8-13-10-11-6-5-7-12(9-11)14(15)16/h5-7,9-10H,2,8H2,1H3/b13-10+. The molecule has 0 aromatic heterocycles. The summed E-state index contributed by atoms with van der Waals surface area (Å²) in [7, 11) is 0. The Balaban J connectivity index is 2.67. The van der Waals surface area contributed by atoms with Gasteiger partial charge in [0.05, 0.1) is 11.5 Å². The van der Waals surface area contributed by atoms with Crippen LogP contribution in [0.15, 0.2) is 29.3 Å². The molecule has 4 heteroatoms. The van der Waals surface area contributed by atoms with Gasteiger partial charge in [-0.25, -0.2) is 0 Å². The summed E-state index contributed by atoms with van der Waals surface area (Å²) in [4.78, 5) is 14.1. The number of non-ortho nitro benzene ring substituents is 1. The van der Waals surface area contributed by atoms with E-state index in [1.807, 2.05) is 6.92 Å². The van der Waals surface area contributed by atoms with Gasteiger partial charge >= 0.3 is 0 Å². The molecule has 0 bridgehead atoms. The summed E-state index contributed by atoms with van der Waals surface area (Å²) < 4.78 is 0. The van der Waals surface area contributed by atoms with Crippen molar-refractivity contribution in [3.05, 3.63) is 39.9 Å². The zero-order valence-corrected chi connectivity index (χ0v) is 9.01. The fourth-order valence-corrected chi connectivity index (χ4v) is 1.10. The van der Waals surface area contributed by atoms with Crippen LogP contribution in [0, 0.1) is 22.0 Å². The van der Waals surface area contributed by atoms with Gasteiger partial charge in [-0.1, -0.05) is 25.0 Å². The third-order valence-electron chi connectivity index (χ3n) is 1.79. The van der Waals surface area contributed by atoms with Gasteiger partial charge in [-0.15, -0.1) is 5.92 Å². The van der Waals surface area contributed by atoms with Crippen LogP contribution in [0.4, 0.5) is 5.69 Å². The third kappa shape index (κ3) is 3.93. The van der Waals surface area contributed by atoms with E-state index in [0.29, 0.717) is 12.1 Å². The molecule has 0 amide bonds. The summed E-state index contributed by atoms with van der Waals surface area (Å²) in [5.74, 6) is 5.75. The Morgan fingerprint density at radius 2 is 2.31 bits per heavy atom. The smallest absolute Gasteiger partial charge is 0.270 e. The van der Waals surface area contributed by atoms with Crippen molar-refractivity contribution in [1.29, 1.82) is 0 Å². The van der Waals surface area contributed by atoms with Crippen LogP contribution in [-0.4, -0.2) is 17.7 Å². The van der Waals surface area contributed by atoms with Gasteiger partial charge in [0.25, 0.3) is 5.69 Å². The van der Waals surface area contributed by atoms with Gasteiger partial charge in [0, 0.05) is 24.8 Å². The van der Waals surface area contributed by atoms with Crippen LogP contribution < -0.4 is 0 Å². The van der Waals surface area contributed by atoms with E-state index >= 15 is 0 Å². The van der Waals surface area contributed by atoms with E-state index in [1.54, 1.807) is 18.3 Å². The van der Waals surface area contributed by atoms with Crippen molar-refractivity contribution in [3.8, 4) is 11.8 Å². The summed E-state index contributed by atoms with van der Waals surface area (Å²) in [6.45, 7) is 2.40. The summed E-state index contributed by atoms with van der Waals surface area (Å²) in [5, 5.41) is 10.5. The largest absolute Gasteiger partial charge is 0.280 e. The molecule has 4 nitrogen and oxygen atoms in total. The number of nitro benzene ring substituents is 1. The van der Waals surface area contributed by atoms with Gasteiger partial charge in [0.1, 0.15) is 0 Å². The highest BCUT2D eigenvalue weighted by Gasteiger charge is 2.03. The quantitative estimate of drug-likeness (QED) is 0.337. The lowest BCUT2D eigenvalue weighted by Gasteiger charge is -1.92. The second kappa shape index (κ2) is 6.36. The summed E-state index contributed by atoms with van der Waals surface area (Å²) in [5.41, 5.74) is 0.788. The monoisotopic (exact) mass is 216 g/mol. The van der Waals surface area contributed by atoms with Crippen LogP contribution in [0.2, 0.25) is 0 Å². The molecular formula is C12H12N2O2. The molecule has 1 rings (SSSR count). The Morgan fingerprint density at radius 3 is 3.00 bits per heavy atom. The molecule has 0 aliphatic heterocycles. The Bertz CT molecular complexity index is 456. The lowest BCUT2D eigenvalue weighted by Crippen LogP contribution is -1.89. The number of nitro groups is 1. The number of benzene rings is 1. The molecule has 0 saturated carbocycles. The van der Waals surface area contributed by atoms with Gasteiger partial charge in [0.15, 0.2) is 0 Å². The first-order chi connectivity index (χ1) is 7.74. The second-order valence-electron chi connectivity index (χ2n) is 3.03. The van der Waals surface area contributed by atoms with Crippen molar-refractivity contribution < 1.29 is 4.92 Å². The molecule has 0 aliphatic carbocycles. The molecule has 0 N–H and O–H groups in total. The van der Waals surface area contributed by atoms with Crippen LogP contribution in [0.1, 0.15) is 18.9 Å². The first-order valence-electron chi connectivity index (χ1n) is 4.94. The lowest BCUT2D eigenvalue weighted by atomic mass is 10.2. The Labute approximate surface area is 94.2 Å². The SMILES string of the molecule is CCC#CC/N=C/c1cccc([N+](=O)[O-])c1. The van der Waals surface area contributed by atoms with Crippen LogP contribution >= 0.6 is 0 Å². The topological polar surface area (TPSA) is 55.5 Å². The van der Waals surface area contributed by atoms with Gasteiger partial charge < -0.3 is 0 Å². The molecule has 0 fully saturated rings. The second-order valence-corrected chi connectivity index (χ2v) is 3.03. The zero-order valence-electron chi connectivity index (χ0n) is 9.01. The maximum absolute atomic E-state index is 10.5. The molecule has 0 aliphatic rings. The molecule has 0 spiro atoms. The molecule has 0 heterocycles. The normalized spacial score (nSPS) is 9.81. The van der Waals surface area contributed by atoms with Crippen LogP contribution in [0.5, 0.6) is 0 Å². The van der Waals surface area contributed by atoms with E-state index in [2.05, 4.69) is 16.8 Å². The molecular weight excluding hydrogens is 204 g/mol. The molecule has 82 valence electrons. The van der Waals surface area contributed by atoms with Gasteiger partial charge in [-0.2, -0.15) is 0 Å². The van der Waals surface area contributed by atoms with Crippen molar-refractivity contribution in [3.63, 3.8) is 0 Å². The average Bonchev–Trinajstić information content (AvgIpc) is 2.29. The lowest BCUT2D eigenvalue weighted by molar-refractivity contribution is -0.384. The fourth-order valence-electron chi connectivity index (χ4n) is 1.10. The first-order valence-corrected chi connectivity index (χ1v) is 4.94. The molecule has 16 heavy (non-hydrogen) atoms. The van der Waals surface area contributed by atoms with Crippen molar-refractivity contribution in [2.75, 3.05) is 6.54 Å². The van der Waals surface area contributed by atoms with Crippen molar-refractivity contribution in [2.24, 2.45) is 4.99 Å². The highest BCUT2D eigenvalue weighted by molar-refractivity contribution is 5.80. The highest BCUT2D eigenvalue weighted by Crippen LogP contribution is 2.11. The van der Waals surface area contributed by atoms with E-state index in [9.17, 15) is 10.1 Å². The Hall–Kier alpha value is -2.15. The molecule has 0 saturated heterocycles. The molecule has 0 atom stereocenters. The van der Waals surface area contributed by atoms with Crippen LogP contribution in [0.3, 0.4) is 0 Å². The number of aliphatic imine (C=N–C) groups is 1. The van der Waals surface area contributed by atoms with E-state index in [-0.39, 0.29) is 5.69 Å². The number of nitrogens with zero attached hydrogens (tertiary/aromatic N) is 2. The highest BCUT2D eigenvalue weighted by atomic mass is 16.6. The molecule has 1 aromatic carbocycles. The van der Waals surface area contributed by atoms with Gasteiger partial charge in [-0.3, -0.25) is 15.1 Å². The number of hydrogen-bond acceptors (Lipinski definition) is 3. The first kappa shape index (κ1) is 11.9. The van der Waals surface area contributed by atoms with Crippen molar-refractivity contribution in [1.82, 2.24) is 0 Å². The predicted molar refractivity (Wildman–Crippen MR) is 63.6 cm³/mol. The Morgan fingerprint density at radius 1 is 1.50 bits per heavy atom. The van der Waals surface area contributed by atoms with Crippen molar-refractivity contribution in [2.45, 2.75) is 13.3 Å². The maximum atomic E-state index is 10.5. The average molecular weight is 216 g/mol. The minimum absolute atomic E-state index is 0.0728. The molecule has 0 radical (unpaired) electrons. The number of hydrogen-bond donors (Lipinski definition) is 0. The van der Waals surface area contributed by atoms with E-state index in [1.165, 1.54) is 12.1 Å². The summed E-state index contributed by atoms with van der Waals surface area (Å²) in [6, 6.07) is 6.34. The maximum Gasteiger partial charge on any atom is 0.270 e. The molecule has 0 unspecified atom stereocenters.